The lowest BCUT2D eigenvalue weighted by Gasteiger charge is -2.55. The van der Waals surface area contributed by atoms with Crippen molar-refractivity contribution in [2.24, 2.45) is 10.4 Å². The minimum absolute atomic E-state index is 0.0994. The number of halogens is 1. The fourth-order valence-corrected chi connectivity index (χ4v) is 6.08. The van der Waals surface area contributed by atoms with Gasteiger partial charge in [0.15, 0.2) is 0 Å². The summed E-state index contributed by atoms with van der Waals surface area (Å²) < 4.78 is 17.7. The predicted molar refractivity (Wildman–Crippen MR) is 154 cm³/mol. The number of hydrogen-bond donors (Lipinski definition) is 0. The Bertz CT molecular complexity index is 1230. The van der Waals surface area contributed by atoms with Crippen LogP contribution < -0.4 is 4.74 Å². The van der Waals surface area contributed by atoms with Crippen LogP contribution in [0.1, 0.15) is 58.1 Å². The van der Waals surface area contributed by atoms with Crippen LogP contribution in [0.2, 0.25) is 0 Å². The van der Waals surface area contributed by atoms with E-state index in [1.54, 1.807) is 34.9 Å². The summed E-state index contributed by atoms with van der Waals surface area (Å²) in [6.07, 6.45) is 0.932. The summed E-state index contributed by atoms with van der Waals surface area (Å²) in [6.45, 7) is 9.06. The highest BCUT2D eigenvalue weighted by Gasteiger charge is 2.58. The van der Waals surface area contributed by atoms with Crippen LogP contribution in [-0.2, 0) is 26.4 Å². The molecule has 2 aliphatic rings. The molecule has 0 bridgehead atoms. The molecule has 2 heterocycles. The van der Waals surface area contributed by atoms with Gasteiger partial charge in [-0.15, -0.1) is 4.99 Å². The van der Waals surface area contributed by atoms with Crippen molar-refractivity contribution in [3.05, 3.63) is 64.1 Å². The first-order chi connectivity index (χ1) is 18.4. The van der Waals surface area contributed by atoms with Crippen molar-refractivity contribution in [1.82, 2.24) is 9.80 Å². The average Bonchev–Trinajstić information content (AvgIpc) is 2.94. The highest BCUT2D eigenvalue weighted by molar-refractivity contribution is 9.10. The van der Waals surface area contributed by atoms with Gasteiger partial charge in [-0.3, -0.25) is 9.69 Å². The second-order valence-corrected chi connectivity index (χ2v) is 12.3. The van der Waals surface area contributed by atoms with E-state index in [0.29, 0.717) is 39.0 Å². The highest BCUT2D eigenvalue weighted by atomic mass is 79.9. The number of carbonyl (C=O) groups excluding carboxylic acids is 2. The summed E-state index contributed by atoms with van der Waals surface area (Å²) in [5.74, 6) is 0.911. The van der Waals surface area contributed by atoms with Crippen molar-refractivity contribution in [2.45, 2.75) is 64.6 Å². The van der Waals surface area contributed by atoms with Gasteiger partial charge in [-0.05, 0) is 75.9 Å². The van der Waals surface area contributed by atoms with E-state index in [1.807, 2.05) is 36.4 Å². The Kier molecular flexibility index (Phi) is 8.42. The summed E-state index contributed by atoms with van der Waals surface area (Å²) in [4.78, 5) is 35.0. The van der Waals surface area contributed by atoms with Crippen molar-refractivity contribution < 1.29 is 23.8 Å². The van der Waals surface area contributed by atoms with E-state index in [1.165, 1.54) is 4.90 Å². The second-order valence-electron chi connectivity index (χ2n) is 11.4. The van der Waals surface area contributed by atoms with Crippen LogP contribution in [0.5, 0.6) is 5.75 Å². The molecule has 2 aliphatic heterocycles. The minimum Gasteiger partial charge on any atom is -0.497 e. The van der Waals surface area contributed by atoms with E-state index in [-0.39, 0.29) is 11.9 Å². The molecule has 4 rings (SSSR count). The molecule has 0 aromatic heterocycles. The summed E-state index contributed by atoms with van der Waals surface area (Å²) in [5.41, 5.74) is 0.0628. The topological polar surface area (TPSA) is 80.7 Å². The van der Waals surface area contributed by atoms with Crippen LogP contribution in [-0.4, -0.2) is 60.7 Å². The smallest absolute Gasteiger partial charge is 0.437 e. The third-order valence-corrected chi connectivity index (χ3v) is 8.39. The fraction of sp³-hybridized carbons (Fsp3) is 0.500. The van der Waals surface area contributed by atoms with E-state index in [0.717, 1.165) is 21.3 Å². The van der Waals surface area contributed by atoms with Crippen molar-refractivity contribution in [3.8, 4) is 5.75 Å². The number of carbonyl (C=O) groups is 2. The maximum atomic E-state index is 13.8. The number of guanidine groups is 1. The normalized spacial score (nSPS) is 22.6. The molecule has 9 heteroatoms. The molecular weight excluding hydrogens is 562 g/mol. The molecule has 8 nitrogen and oxygen atoms in total. The van der Waals surface area contributed by atoms with Gasteiger partial charge in [-0.25, -0.2) is 4.79 Å². The van der Waals surface area contributed by atoms with Crippen molar-refractivity contribution in [3.63, 3.8) is 0 Å². The lowest BCUT2D eigenvalue weighted by molar-refractivity contribution is -0.133. The quantitative estimate of drug-likeness (QED) is 0.421. The standard InChI is InChI=1S/C30H38BrN3O5/c1-28(2,3)39-27(36)32-26-33(5)25(35)19-30(14-16-38-17-15-30)29(4,22-8-7-9-23(31)18-22)34(26)20-21-10-12-24(37-6)13-11-21/h7-13,18H,14-17,19-20H2,1-6H3. The van der Waals surface area contributed by atoms with Crippen molar-refractivity contribution in [2.75, 3.05) is 27.4 Å². The Morgan fingerprint density at radius 2 is 1.79 bits per heavy atom. The number of hydrogen-bond acceptors (Lipinski definition) is 5. The first-order valence-corrected chi connectivity index (χ1v) is 14.0. The number of aliphatic imine (C=N–C) groups is 1. The van der Waals surface area contributed by atoms with Crippen LogP contribution >= 0.6 is 15.9 Å². The Hall–Kier alpha value is -2.91. The van der Waals surface area contributed by atoms with E-state index >= 15 is 0 Å². The zero-order valence-corrected chi connectivity index (χ0v) is 25.2. The highest BCUT2D eigenvalue weighted by Crippen LogP contribution is 2.55. The molecule has 39 heavy (non-hydrogen) atoms. The monoisotopic (exact) mass is 599 g/mol. The molecule has 0 N–H and O–H groups in total. The fourth-order valence-electron chi connectivity index (χ4n) is 5.68. The number of nitrogens with zero attached hydrogens (tertiary/aromatic N) is 3. The number of methoxy groups -OCH3 is 1. The van der Waals surface area contributed by atoms with Crippen LogP contribution in [0.3, 0.4) is 0 Å². The number of benzene rings is 2. The largest absolute Gasteiger partial charge is 0.497 e. The number of ether oxygens (including phenoxy) is 3. The summed E-state index contributed by atoms with van der Waals surface area (Å²) >= 11 is 3.66. The Labute approximate surface area is 239 Å². The van der Waals surface area contributed by atoms with E-state index in [9.17, 15) is 9.59 Å². The second kappa shape index (κ2) is 11.3. The van der Waals surface area contributed by atoms with Gasteiger partial charge in [0.2, 0.25) is 11.9 Å². The summed E-state index contributed by atoms with van der Waals surface area (Å²) in [7, 11) is 3.32. The lowest BCUT2D eigenvalue weighted by atomic mass is 9.60. The lowest BCUT2D eigenvalue weighted by Crippen LogP contribution is -2.59. The molecule has 2 amide bonds. The zero-order valence-electron chi connectivity index (χ0n) is 23.6. The number of amides is 2. The molecule has 2 fully saturated rings. The first-order valence-electron chi connectivity index (χ1n) is 13.2. The van der Waals surface area contributed by atoms with Gasteiger partial charge in [0.1, 0.15) is 11.4 Å². The Balaban J connectivity index is 1.98. The summed E-state index contributed by atoms with van der Waals surface area (Å²) in [5, 5.41) is 0. The van der Waals surface area contributed by atoms with Crippen LogP contribution in [0.15, 0.2) is 58.0 Å². The Morgan fingerprint density at radius 3 is 2.38 bits per heavy atom. The van der Waals surface area contributed by atoms with Gasteiger partial charge < -0.3 is 19.1 Å². The molecule has 1 atom stereocenters. The maximum absolute atomic E-state index is 13.8. The summed E-state index contributed by atoms with van der Waals surface area (Å²) in [6, 6.07) is 16.0. The zero-order chi connectivity index (χ0) is 28.4. The van der Waals surface area contributed by atoms with E-state index in [4.69, 9.17) is 14.2 Å². The molecule has 1 unspecified atom stereocenters. The molecular formula is C30H38BrN3O5. The van der Waals surface area contributed by atoms with Gasteiger partial charge in [0, 0.05) is 43.1 Å². The third-order valence-electron chi connectivity index (χ3n) is 7.90. The SMILES string of the molecule is COc1ccc(CN2C(=NC(=O)OC(C)(C)C)N(C)C(=O)CC3(CCOCC3)C2(C)c2cccc(Br)c2)cc1. The molecule has 2 saturated heterocycles. The van der Waals surface area contributed by atoms with Gasteiger partial charge in [-0.1, -0.05) is 40.2 Å². The molecule has 210 valence electrons. The van der Waals surface area contributed by atoms with Crippen molar-refractivity contribution >= 4 is 33.9 Å². The molecule has 0 aliphatic carbocycles. The van der Waals surface area contributed by atoms with Crippen LogP contribution in [0.25, 0.3) is 0 Å². The molecule has 1 spiro atoms. The molecule has 0 saturated carbocycles. The molecule has 0 radical (unpaired) electrons. The maximum Gasteiger partial charge on any atom is 0.437 e. The average molecular weight is 601 g/mol. The number of rotatable bonds is 4. The van der Waals surface area contributed by atoms with Crippen LogP contribution in [0.4, 0.5) is 4.79 Å². The first kappa shape index (κ1) is 29.1. The minimum atomic E-state index is -0.739. The third kappa shape index (κ3) is 5.99. The van der Waals surface area contributed by atoms with Gasteiger partial charge in [0.05, 0.1) is 12.6 Å². The van der Waals surface area contributed by atoms with E-state index in [2.05, 4.69) is 44.9 Å². The predicted octanol–water partition coefficient (Wildman–Crippen LogP) is 6.13. The van der Waals surface area contributed by atoms with Gasteiger partial charge in [-0.2, -0.15) is 0 Å². The van der Waals surface area contributed by atoms with Gasteiger partial charge >= 0.3 is 6.09 Å². The molecule has 2 aromatic rings. The van der Waals surface area contributed by atoms with Crippen LogP contribution in [0, 0.1) is 5.41 Å². The van der Waals surface area contributed by atoms with Crippen molar-refractivity contribution in [1.29, 1.82) is 0 Å². The molecule has 2 aromatic carbocycles. The van der Waals surface area contributed by atoms with E-state index < -0.39 is 22.6 Å². The Morgan fingerprint density at radius 1 is 1.13 bits per heavy atom. The van der Waals surface area contributed by atoms with Gasteiger partial charge in [0.25, 0.3) is 0 Å².